The Morgan fingerprint density at radius 3 is 2.83 bits per heavy atom. The highest BCUT2D eigenvalue weighted by Crippen LogP contribution is 2.20. The highest BCUT2D eigenvalue weighted by atomic mass is 79.9. The number of aliphatic imine (C=N–C) groups is 1. The van der Waals surface area contributed by atoms with Crippen LogP contribution in [0.1, 0.15) is 12.5 Å². The summed E-state index contributed by atoms with van der Waals surface area (Å²) in [6.45, 7) is 5.52. The van der Waals surface area contributed by atoms with E-state index in [4.69, 9.17) is 0 Å². The number of halogens is 3. The minimum absolute atomic E-state index is 0.0459. The lowest BCUT2D eigenvalue weighted by molar-refractivity contribution is -0.119. The number of carbonyl (C=O) groups is 1. The number of nitrogens with one attached hydrogen (secondary N) is 1. The molecule has 0 unspecified atom stereocenters. The monoisotopic (exact) mass is 396 g/mol. The van der Waals surface area contributed by atoms with Crippen molar-refractivity contribution in [2.45, 2.75) is 13.5 Å². The molecule has 1 N–H and O–H groups in total. The van der Waals surface area contributed by atoms with Gasteiger partial charge in [-0.25, -0.2) is 18.8 Å². The third kappa shape index (κ3) is 4.14. The Labute approximate surface area is 146 Å². The average molecular weight is 397 g/mol. The summed E-state index contributed by atoms with van der Waals surface area (Å²) in [6, 6.07) is 3.46. The molecule has 0 bridgehead atoms. The van der Waals surface area contributed by atoms with Crippen LogP contribution in [0, 0.1) is 11.6 Å². The van der Waals surface area contributed by atoms with Gasteiger partial charge in [-0.15, -0.1) is 0 Å². The summed E-state index contributed by atoms with van der Waals surface area (Å²) in [6.07, 6.45) is 3.09. The first-order chi connectivity index (χ1) is 11.5. The second kappa shape index (κ2) is 7.96. The van der Waals surface area contributed by atoms with Crippen molar-refractivity contribution in [2.75, 3.05) is 5.33 Å². The van der Waals surface area contributed by atoms with Crippen molar-refractivity contribution in [1.29, 1.82) is 0 Å². The van der Waals surface area contributed by atoms with E-state index in [-0.39, 0.29) is 12.2 Å². The Bertz CT molecular complexity index is 758. The number of hydrazone groups is 1. The van der Waals surface area contributed by atoms with Crippen LogP contribution in [0.3, 0.4) is 0 Å². The van der Waals surface area contributed by atoms with Crippen LogP contribution in [-0.2, 0) is 11.3 Å². The zero-order valence-corrected chi connectivity index (χ0v) is 14.5. The molecule has 8 heteroatoms. The van der Waals surface area contributed by atoms with Gasteiger partial charge in [0, 0.05) is 18.1 Å². The maximum atomic E-state index is 13.2. The number of allylic oxidation sites excluding steroid dienone is 1. The molecule has 126 valence electrons. The van der Waals surface area contributed by atoms with E-state index in [0.717, 1.165) is 12.1 Å². The van der Waals surface area contributed by atoms with Crippen molar-refractivity contribution in [3.8, 4) is 0 Å². The summed E-state index contributed by atoms with van der Waals surface area (Å²) < 4.78 is 26.1. The Hall–Kier alpha value is -2.35. The molecule has 2 rings (SSSR count). The quantitative estimate of drug-likeness (QED) is 0.613. The second-order valence-corrected chi connectivity index (χ2v) is 5.36. The van der Waals surface area contributed by atoms with Gasteiger partial charge in [-0.05, 0) is 30.7 Å². The first-order valence-corrected chi connectivity index (χ1v) is 8.13. The molecule has 0 fully saturated rings. The number of amides is 1. The van der Waals surface area contributed by atoms with E-state index in [1.807, 2.05) is 0 Å². The van der Waals surface area contributed by atoms with Crippen molar-refractivity contribution in [1.82, 2.24) is 10.3 Å². The van der Waals surface area contributed by atoms with E-state index in [2.05, 4.69) is 37.9 Å². The molecule has 1 aliphatic heterocycles. The lowest BCUT2D eigenvalue weighted by atomic mass is 10.2. The summed E-state index contributed by atoms with van der Waals surface area (Å²) in [5, 5.41) is 8.48. The summed E-state index contributed by atoms with van der Waals surface area (Å²) >= 11 is 3.28. The van der Waals surface area contributed by atoms with Crippen LogP contribution in [0.2, 0.25) is 0 Å². The lowest BCUT2D eigenvalue weighted by Crippen LogP contribution is -2.34. The third-order valence-electron chi connectivity index (χ3n) is 3.09. The Morgan fingerprint density at radius 2 is 2.21 bits per heavy atom. The fraction of sp³-hybridized carbons (Fsp3) is 0.188. The maximum Gasteiger partial charge on any atom is 0.270 e. The normalized spacial score (nSPS) is 14.7. The standard InChI is InChI=1S/C16H15BrF2N4O/c1-3-21-23-10(2)22-12(8-17)7-15(23)16(24)20-9-11-4-5-13(18)14(19)6-11/h3-7H,2,8-9H2,1H3,(H,20,24)/b21-3-. The summed E-state index contributed by atoms with van der Waals surface area (Å²) in [5.41, 5.74) is 1.31. The topological polar surface area (TPSA) is 57.1 Å². The molecular weight excluding hydrogens is 382 g/mol. The molecule has 0 spiro atoms. The zero-order valence-electron chi connectivity index (χ0n) is 12.9. The Morgan fingerprint density at radius 1 is 1.46 bits per heavy atom. The van der Waals surface area contributed by atoms with Gasteiger partial charge in [-0.2, -0.15) is 5.10 Å². The maximum absolute atomic E-state index is 13.2. The number of hydrogen-bond donors (Lipinski definition) is 1. The number of benzene rings is 1. The van der Waals surface area contributed by atoms with E-state index in [9.17, 15) is 13.6 Å². The molecular formula is C16H15BrF2N4O. The third-order valence-corrected chi connectivity index (χ3v) is 3.66. The minimum atomic E-state index is -0.960. The van der Waals surface area contributed by atoms with Crippen molar-refractivity contribution in [2.24, 2.45) is 10.1 Å². The SMILES string of the molecule is C=C1N=C(CBr)C=C(C(=O)NCc2ccc(F)c(F)c2)N1/N=C\C. The van der Waals surface area contributed by atoms with E-state index >= 15 is 0 Å². The summed E-state index contributed by atoms with van der Waals surface area (Å²) in [4.78, 5) is 16.7. The van der Waals surface area contributed by atoms with Gasteiger partial charge in [0.2, 0.25) is 0 Å². The van der Waals surface area contributed by atoms with Crippen LogP contribution < -0.4 is 5.32 Å². The molecule has 1 amide bonds. The number of carbonyl (C=O) groups excluding carboxylic acids is 1. The number of hydrogen-bond acceptors (Lipinski definition) is 4. The van der Waals surface area contributed by atoms with Crippen molar-refractivity contribution in [3.05, 3.63) is 59.6 Å². The van der Waals surface area contributed by atoms with E-state index < -0.39 is 17.5 Å². The average Bonchev–Trinajstić information content (AvgIpc) is 2.57. The second-order valence-electron chi connectivity index (χ2n) is 4.80. The fourth-order valence-corrected chi connectivity index (χ4v) is 2.29. The molecule has 0 aliphatic carbocycles. The number of rotatable bonds is 5. The molecule has 0 aromatic heterocycles. The Kier molecular flexibility index (Phi) is 5.97. The van der Waals surface area contributed by atoms with Crippen molar-refractivity contribution >= 4 is 33.8 Å². The van der Waals surface area contributed by atoms with Crippen molar-refractivity contribution in [3.63, 3.8) is 0 Å². The van der Waals surface area contributed by atoms with Gasteiger partial charge >= 0.3 is 0 Å². The lowest BCUT2D eigenvalue weighted by Gasteiger charge is -2.24. The van der Waals surface area contributed by atoms with E-state index in [1.54, 1.807) is 13.0 Å². The molecule has 24 heavy (non-hydrogen) atoms. The molecule has 1 heterocycles. The summed E-state index contributed by atoms with van der Waals surface area (Å²) in [7, 11) is 0. The van der Waals surface area contributed by atoms with Crippen molar-refractivity contribution < 1.29 is 13.6 Å². The zero-order chi connectivity index (χ0) is 17.7. The predicted molar refractivity (Wildman–Crippen MR) is 92.7 cm³/mol. The number of alkyl halides is 1. The first kappa shape index (κ1) is 18.0. The molecule has 0 saturated heterocycles. The highest BCUT2D eigenvalue weighted by molar-refractivity contribution is 9.09. The largest absolute Gasteiger partial charge is 0.347 e. The van der Waals surface area contributed by atoms with Crippen LogP contribution in [0.5, 0.6) is 0 Å². The minimum Gasteiger partial charge on any atom is -0.347 e. The van der Waals surface area contributed by atoms with E-state index in [0.29, 0.717) is 22.4 Å². The number of nitrogens with zero attached hydrogens (tertiary/aromatic N) is 3. The van der Waals surface area contributed by atoms with Gasteiger partial charge in [0.05, 0.1) is 5.71 Å². The van der Waals surface area contributed by atoms with Crippen LogP contribution in [0.25, 0.3) is 0 Å². The van der Waals surface area contributed by atoms with Crippen LogP contribution in [0.15, 0.2) is 52.5 Å². The predicted octanol–water partition coefficient (Wildman–Crippen LogP) is 3.09. The molecule has 1 aromatic rings. The molecule has 0 radical (unpaired) electrons. The van der Waals surface area contributed by atoms with Gasteiger partial charge < -0.3 is 5.32 Å². The molecule has 1 aromatic carbocycles. The van der Waals surface area contributed by atoms with Gasteiger partial charge in [0.25, 0.3) is 5.91 Å². The van der Waals surface area contributed by atoms with Crippen LogP contribution >= 0.6 is 15.9 Å². The van der Waals surface area contributed by atoms with E-state index in [1.165, 1.54) is 17.3 Å². The van der Waals surface area contributed by atoms with Gasteiger partial charge in [-0.3, -0.25) is 4.79 Å². The van der Waals surface area contributed by atoms with Gasteiger partial charge in [0.15, 0.2) is 11.6 Å². The van der Waals surface area contributed by atoms with Gasteiger partial charge in [-0.1, -0.05) is 28.6 Å². The fourth-order valence-electron chi connectivity index (χ4n) is 2.00. The van der Waals surface area contributed by atoms with Crippen LogP contribution in [0.4, 0.5) is 8.78 Å². The highest BCUT2D eigenvalue weighted by Gasteiger charge is 2.23. The first-order valence-electron chi connectivity index (χ1n) is 7.01. The smallest absolute Gasteiger partial charge is 0.270 e. The van der Waals surface area contributed by atoms with Gasteiger partial charge in [0.1, 0.15) is 11.5 Å². The molecule has 5 nitrogen and oxygen atoms in total. The Balaban J connectivity index is 2.16. The molecule has 0 saturated carbocycles. The van der Waals surface area contributed by atoms with Crippen LogP contribution in [-0.4, -0.2) is 28.2 Å². The molecule has 1 aliphatic rings. The molecule has 0 atom stereocenters. The summed E-state index contributed by atoms with van der Waals surface area (Å²) in [5.74, 6) is -2.02.